The first kappa shape index (κ1) is 14.3. The zero-order chi connectivity index (χ0) is 13.5. The second-order valence-corrected chi connectivity index (χ2v) is 4.97. The van der Waals surface area contributed by atoms with Gasteiger partial charge in [-0.25, -0.2) is 0 Å². The van der Waals surface area contributed by atoms with Crippen molar-refractivity contribution in [2.75, 3.05) is 6.61 Å². The quantitative estimate of drug-likeness (QED) is 0.768. The van der Waals surface area contributed by atoms with Crippen LogP contribution in [-0.4, -0.2) is 30.0 Å². The molecule has 0 saturated carbocycles. The van der Waals surface area contributed by atoms with E-state index in [1.807, 2.05) is 30.3 Å². The van der Waals surface area contributed by atoms with E-state index in [1.54, 1.807) is 6.08 Å². The van der Waals surface area contributed by atoms with E-state index >= 15 is 0 Å². The van der Waals surface area contributed by atoms with Crippen LogP contribution in [0.25, 0.3) is 0 Å². The predicted octanol–water partition coefficient (Wildman–Crippen LogP) is 2.69. The van der Waals surface area contributed by atoms with Crippen LogP contribution < -0.4 is 0 Å². The van der Waals surface area contributed by atoms with Crippen LogP contribution >= 0.6 is 0 Å². The Morgan fingerprint density at radius 2 is 2.16 bits per heavy atom. The van der Waals surface area contributed by atoms with Gasteiger partial charge in [0.05, 0.1) is 31.5 Å². The first-order chi connectivity index (χ1) is 9.29. The third-order valence-corrected chi connectivity index (χ3v) is 3.39. The predicted molar refractivity (Wildman–Crippen MR) is 74.8 cm³/mol. The van der Waals surface area contributed by atoms with Crippen LogP contribution in [0.2, 0.25) is 0 Å². The molecule has 0 radical (unpaired) electrons. The highest BCUT2D eigenvalue weighted by atomic mass is 16.5. The molecule has 19 heavy (non-hydrogen) atoms. The Morgan fingerprint density at radius 1 is 1.37 bits per heavy atom. The Balaban J connectivity index is 1.66. The number of hydrogen-bond acceptors (Lipinski definition) is 3. The van der Waals surface area contributed by atoms with Gasteiger partial charge in [0.1, 0.15) is 0 Å². The average Bonchev–Trinajstić information content (AvgIpc) is 2.89. The fourth-order valence-electron chi connectivity index (χ4n) is 2.34. The summed E-state index contributed by atoms with van der Waals surface area (Å²) in [6.07, 6.45) is 3.77. The van der Waals surface area contributed by atoms with Crippen LogP contribution in [0.4, 0.5) is 0 Å². The van der Waals surface area contributed by atoms with Gasteiger partial charge >= 0.3 is 0 Å². The number of hydrogen-bond donors (Lipinski definition) is 1. The van der Waals surface area contributed by atoms with Gasteiger partial charge in [0, 0.05) is 0 Å². The van der Waals surface area contributed by atoms with Crippen molar-refractivity contribution in [3.63, 3.8) is 0 Å². The normalized spacial score (nSPS) is 24.3. The van der Waals surface area contributed by atoms with E-state index in [1.165, 1.54) is 5.56 Å². The number of aliphatic hydroxyl groups excluding tert-OH is 1. The summed E-state index contributed by atoms with van der Waals surface area (Å²) in [4.78, 5) is 0. The Hall–Kier alpha value is -1.16. The van der Waals surface area contributed by atoms with Crippen molar-refractivity contribution >= 4 is 0 Å². The monoisotopic (exact) mass is 262 g/mol. The molecule has 1 fully saturated rings. The van der Waals surface area contributed by atoms with Crippen molar-refractivity contribution in [1.82, 2.24) is 0 Å². The Bertz CT molecular complexity index is 377. The fourth-order valence-corrected chi connectivity index (χ4v) is 2.34. The Labute approximate surface area is 114 Å². The molecule has 0 aromatic heterocycles. The topological polar surface area (TPSA) is 38.7 Å². The summed E-state index contributed by atoms with van der Waals surface area (Å²) in [6, 6.07) is 10.1. The van der Waals surface area contributed by atoms with E-state index in [2.05, 4.69) is 6.58 Å². The summed E-state index contributed by atoms with van der Waals surface area (Å²) in [5.41, 5.74) is 1.17. The highest BCUT2D eigenvalue weighted by Gasteiger charge is 2.29. The van der Waals surface area contributed by atoms with Gasteiger partial charge in [-0.15, -0.1) is 6.58 Å². The smallest absolute Gasteiger partial charge is 0.0842 e. The summed E-state index contributed by atoms with van der Waals surface area (Å²) in [5, 5.41) is 9.83. The van der Waals surface area contributed by atoms with E-state index in [-0.39, 0.29) is 12.2 Å². The Kier molecular flexibility index (Phi) is 5.58. The van der Waals surface area contributed by atoms with Gasteiger partial charge in [-0.05, 0) is 24.8 Å². The fraction of sp³-hybridized carbons (Fsp3) is 0.500. The largest absolute Gasteiger partial charge is 0.390 e. The van der Waals surface area contributed by atoms with Gasteiger partial charge in [-0.2, -0.15) is 0 Å². The summed E-state index contributed by atoms with van der Waals surface area (Å²) < 4.78 is 11.5. The van der Waals surface area contributed by atoms with Gasteiger partial charge in [0.25, 0.3) is 0 Å². The maximum atomic E-state index is 9.83. The molecule has 2 rings (SSSR count). The number of aliphatic hydroxyl groups is 1. The van der Waals surface area contributed by atoms with E-state index in [0.717, 1.165) is 12.8 Å². The van der Waals surface area contributed by atoms with Crippen molar-refractivity contribution in [2.45, 2.75) is 44.2 Å². The molecule has 0 bridgehead atoms. The van der Waals surface area contributed by atoms with E-state index in [4.69, 9.17) is 9.47 Å². The third-order valence-electron chi connectivity index (χ3n) is 3.39. The van der Waals surface area contributed by atoms with Crippen molar-refractivity contribution in [2.24, 2.45) is 0 Å². The minimum atomic E-state index is -0.434. The molecule has 1 aromatic rings. The lowest BCUT2D eigenvalue weighted by atomic mass is 10.1. The minimum Gasteiger partial charge on any atom is -0.390 e. The molecule has 0 spiro atoms. The highest BCUT2D eigenvalue weighted by molar-refractivity contribution is 5.13. The molecular formula is C16H22O3. The molecular weight excluding hydrogens is 240 g/mol. The lowest BCUT2D eigenvalue weighted by molar-refractivity contribution is -0.0617. The summed E-state index contributed by atoms with van der Waals surface area (Å²) in [6.45, 7) is 4.84. The van der Waals surface area contributed by atoms with E-state index in [9.17, 15) is 5.11 Å². The van der Waals surface area contributed by atoms with Crippen LogP contribution in [0.3, 0.4) is 0 Å². The van der Waals surface area contributed by atoms with Crippen LogP contribution in [0.15, 0.2) is 43.0 Å². The summed E-state index contributed by atoms with van der Waals surface area (Å²) in [5.74, 6) is 0. The minimum absolute atomic E-state index is 0.0664. The van der Waals surface area contributed by atoms with Crippen LogP contribution in [0.1, 0.15) is 24.8 Å². The molecule has 1 heterocycles. The molecule has 3 atom stereocenters. The summed E-state index contributed by atoms with van der Waals surface area (Å²) in [7, 11) is 0. The first-order valence-corrected chi connectivity index (χ1v) is 6.85. The molecule has 3 nitrogen and oxygen atoms in total. The van der Waals surface area contributed by atoms with Crippen LogP contribution in [0, 0.1) is 0 Å². The van der Waals surface area contributed by atoms with E-state index in [0.29, 0.717) is 19.6 Å². The van der Waals surface area contributed by atoms with Gasteiger partial charge in [-0.1, -0.05) is 36.4 Å². The molecule has 1 N–H and O–H groups in total. The highest BCUT2D eigenvalue weighted by Crippen LogP contribution is 2.24. The maximum Gasteiger partial charge on any atom is 0.0842 e. The molecule has 104 valence electrons. The molecule has 3 heteroatoms. The van der Waals surface area contributed by atoms with Crippen LogP contribution in [0.5, 0.6) is 0 Å². The molecule has 1 saturated heterocycles. The second kappa shape index (κ2) is 7.43. The average molecular weight is 262 g/mol. The zero-order valence-corrected chi connectivity index (χ0v) is 11.2. The Morgan fingerprint density at radius 3 is 2.89 bits per heavy atom. The van der Waals surface area contributed by atoms with Crippen molar-refractivity contribution in [3.8, 4) is 0 Å². The van der Waals surface area contributed by atoms with Gasteiger partial charge in [0.2, 0.25) is 0 Å². The molecule has 1 aliphatic heterocycles. The SMILES string of the molecule is C=CC[C@H](O)[C@H]1CC[C@@H](COCc2ccccc2)O1. The molecule has 0 unspecified atom stereocenters. The maximum absolute atomic E-state index is 9.83. The third kappa shape index (κ3) is 4.46. The zero-order valence-electron chi connectivity index (χ0n) is 11.2. The first-order valence-electron chi connectivity index (χ1n) is 6.85. The lowest BCUT2D eigenvalue weighted by Crippen LogP contribution is -2.27. The van der Waals surface area contributed by atoms with Gasteiger partial charge in [0.15, 0.2) is 0 Å². The number of ether oxygens (including phenoxy) is 2. The van der Waals surface area contributed by atoms with Crippen molar-refractivity contribution in [1.29, 1.82) is 0 Å². The summed E-state index contributed by atoms with van der Waals surface area (Å²) >= 11 is 0. The van der Waals surface area contributed by atoms with E-state index < -0.39 is 6.10 Å². The molecule has 0 amide bonds. The molecule has 1 aliphatic rings. The van der Waals surface area contributed by atoms with Gasteiger partial charge in [-0.3, -0.25) is 0 Å². The molecule has 1 aromatic carbocycles. The lowest BCUT2D eigenvalue weighted by Gasteiger charge is -2.18. The molecule has 0 aliphatic carbocycles. The van der Waals surface area contributed by atoms with Crippen LogP contribution in [-0.2, 0) is 16.1 Å². The van der Waals surface area contributed by atoms with Gasteiger partial charge < -0.3 is 14.6 Å². The number of benzene rings is 1. The van der Waals surface area contributed by atoms with Crippen molar-refractivity contribution in [3.05, 3.63) is 48.6 Å². The standard InChI is InChI=1S/C16H22O3/c1-2-6-15(17)16-10-9-14(19-16)12-18-11-13-7-4-3-5-8-13/h2-5,7-8,14-17H,1,6,9-12H2/t14-,15-,16+/m0/s1. The number of rotatable bonds is 7. The van der Waals surface area contributed by atoms with Crippen molar-refractivity contribution < 1.29 is 14.6 Å². The second-order valence-electron chi connectivity index (χ2n) is 4.97.